The summed E-state index contributed by atoms with van der Waals surface area (Å²) in [4.78, 5) is 0. The van der Waals surface area contributed by atoms with Gasteiger partial charge in [0, 0.05) is 11.8 Å². The zero-order chi connectivity index (χ0) is 13.4. The fourth-order valence-corrected chi connectivity index (χ4v) is 7.52. The highest BCUT2D eigenvalue weighted by Crippen LogP contribution is 2.77. The maximum Gasteiger partial charge on any atom is 0.106 e. The highest BCUT2D eigenvalue weighted by molar-refractivity contribution is 5.43. The quantitative estimate of drug-likeness (QED) is 0.487. The van der Waals surface area contributed by atoms with Crippen molar-refractivity contribution in [3.63, 3.8) is 0 Å². The molecule has 0 aromatic heterocycles. The van der Waals surface area contributed by atoms with Crippen LogP contribution < -0.4 is 0 Å². The summed E-state index contributed by atoms with van der Waals surface area (Å²) in [6.07, 6.45) is 22.4. The first-order valence-electron chi connectivity index (χ1n) is 8.76. The maximum absolute atomic E-state index is 6.78. The fourth-order valence-electron chi connectivity index (χ4n) is 7.52. The van der Waals surface area contributed by atoms with Gasteiger partial charge in [-0.25, -0.2) is 0 Å². The van der Waals surface area contributed by atoms with Gasteiger partial charge < -0.3 is 4.74 Å². The second-order valence-corrected chi connectivity index (χ2v) is 8.52. The average Bonchev–Trinajstić information content (AvgIpc) is 3.08. The van der Waals surface area contributed by atoms with Crippen LogP contribution in [0.2, 0.25) is 0 Å². The standard InChI is InChI=1S/C20H20O/c1-3-13-9-19(15-7-5-11(1)17(13)15)20(21-19)10-14-4-2-12-6-8-16(20)18(12)14/h1-8,11-18H,9-10H2/t11-,12+,13+,14-,15-,16+,17+,18-,19+,20-. The molecule has 1 heterocycles. The molecule has 6 aliphatic carbocycles. The van der Waals surface area contributed by atoms with Crippen LogP contribution in [0.3, 0.4) is 0 Å². The van der Waals surface area contributed by atoms with Crippen molar-refractivity contribution < 1.29 is 4.74 Å². The highest BCUT2D eigenvalue weighted by atomic mass is 16.6. The Labute approximate surface area is 125 Å². The third-order valence-corrected chi connectivity index (χ3v) is 8.14. The smallest absolute Gasteiger partial charge is 0.106 e. The molecule has 1 nitrogen and oxygen atoms in total. The molecule has 2 spiro atoms. The van der Waals surface area contributed by atoms with Crippen LogP contribution in [0, 0.1) is 47.3 Å². The zero-order valence-electron chi connectivity index (χ0n) is 12.1. The van der Waals surface area contributed by atoms with E-state index in [1.165, 1.54) is 12.8 Å². The molecule has 0 bridgehead atoms. The minimum Gasteiger partial charge on any atom is -0.361 e. The summed E-state index contributed by atoms with van der Waals surface area (Å²) in [6.45, 7) is 0. The van der Waals surface area contributed by atoms with Crippen LogP contribution in [-0.4, -0.2) is 11.2 Å². The van der Waals surface area contributed by atoms with Gasteiger partial charge in [-0.05, 0) is 48.3 Å². The van der Waals surface area contributed by atoms with Crippen molar-refractivity contribution in [3.8, 4) is 0 Å². The van der Waals surface area contributed by atoms with Crippen LogP contribution in [0.1, 0.15) is 12.8 Å². The Kier molecular flexibility index (Phi) is 1.46. The first kappa shape index (κ1) is 10.6. The van der Waals surface area contributed by atoms with Crippen molar-refractivity contribution in [1.82, 2.24) is 0 Å². The molecule has 106 valence electrons. The lowest BCUT2D eigenvalue weighted by Crippen LogP contribution is -2.33. The summed E-state index contributed by atoms with van der Waals surface area (Å²) >= 11 is 0. The molecular weight excluding hydrogens is 256 g/mol. The lowest BCUT2D eigenvalue weighted by atomic mass is 9.75. The second-order valence-electron chi connectivity index (χ2n) is 8.52. The molecule has 1 aliphatic heterocycles. The number of fused-ring (bicyclic) bond motifs is 3. The summed E-state index contributed by atoms with van der Waals surface area (Å²) < 4.78 is 6.78. The Morgan fingerprint density at radius 2 is 1.10 bits per heavy atom. The molecule has 2 saturated carbocycles. The van der Waals surface area contributed by atoms with E-state index in [0.717, 1.165) is 23.7 Å². The van der Waals surface area contributed by atoms with E-state index in [1.54, 1.807) is 0 Å². The van der Waals surface area contributed by atoms with Crippen LogP contribution in [0.4, 0.5) is 0 Å². The summed E-state index contributed by atoms with van der Waals surface area (Å²) in [5.74, 6) is 6.05. The second kappa shape index (κ2) is 2.88. The number of ether oxygens (including phenoxy) is 1. The number of epoxide rings is 1. The van der Waals surface area contributed by atoms with Crippen molar-refractivity contribution in [3.05, 3.63) is 48.6 Å². The normalized spacial score (nSPS) is 69.0. The molecule has 0 unspecified atom stereocenters. The Hall–Kier alpha value is -1.08. The van der Waals surface area contributed by atoms with E-state index in [1.807, 2.05) is 0 Å². The minimum atomic E-state index is 0.195. The monoisotopic (exact) mass is 276 g/mol. The van der Waals surface area contributed by atoms with Gasteiger partial charge in [0.15, 0.2) is 0 Å². The highest BCUT2D eigenvalue weighted by Gasteiger charge is 2.83. The van der Waals surface area contributed by atoms with Gasteiger partial charge in [0.25, 0.3) is 0 Å². The third kappa shape index (κ3) is 0.892. The minimum absolute atomic E-state index is 0.195. The summed E-state index contributed by atoms with van der Waals surface area (Å²) in [7, 11) is 0. The Balaban J connectivity index is 1.36. The van der Waals surface area contributed by atoms with E-state index in [9.17, 15) is 0 Å². The summed E-state index contributed by atoms with van der Waals surface area (Å²) in [6, 6.07) is 0. The molecule has 0 amide bonds. The van der Waals surface area contributed by atoms with Crippen molar-refractivity contribution >= 4 is 0 Å². The molecule has 21 heavy (non-hydrogen) atoms. The molecule has 7 aliphatic rings. The van der Waals surface area contributed by atoms with Gasteiger partial charge in [-0.15, -0.1) is 0 Å². The molecule has 10 atom stereocenters. The Morgan fingerprint density at radius 3 is 1.62 bits per heavy atom. The molecule has 0 N–H and O–H groups in total. The topological polar surface area (TPSA) is 12.5 Å². The Morgan fingerprint density at radius 1 is 0.619 bits per heavy atom. The van der Waals surface area contributed by atoms with Crippen molar-refractivity contribution in [2.75, 3.05) is 0 Å². The van der Waals surface area contributed by atoms with Crippen molar-refractivity contribution in [2.45, 2.75) is 24.0 Å². The molecule has 1 heteroatoms. The van der Waals surface area contributed by atoms with Crippen LogP contribution in [0.15, 0.2) is 48.6 Å². The molecule has 3 fully saturated rings. The van der Waals surface area contributed by atoms with E-state index in [2.05, 4.69) is 48.6 Å². The fraction of sp³-hybridized carbons (Fsp3) is 0.600. The van der Waals surface area contributed by atoms with Gasteiger partial charge in [-0.1, -0.05) is 48.6 Å². The first-order chi connectivity index (χ1) is 10.3. The summed E-state index contributed by atoms with van der Waals surface area (Å²) in [5, 5.41) is 0. The van der Waals surface area contributed by atoms with Gasteiger partial charge in [-0.2, -0.15) is 0 Å². The third-order valence-electron chi connectivity index (χ3n) is 8.14. The van der Waals surface area contributed by atoms with Crippen molar-refractivity contribution in [1.29, 1.82) is 0 Å². The lowest BCUT2D eigenvalue weighted by Gasteiger charge is -2.22. The zero-order valence-corrected chi connectivity index (χ0v) is 12.1. The number of hydrogen-bond donors (Lipinski definition) is 0. The lowest BCUT2D eigenvalue weighted by molar-refractivity contribution is 0.221. The van der Waals surface area contributed by atoms with E-state index < -0.39 is 0 Å². The van der Waals surface area contributed by atoms with Gasteiger partial charge >= 0.3 is 0 Å². The van der Waals surface area contributed by atoms with Crippen LogP contribution in [0.25, 0.3) is 0 Å². The van der Waals surface area contributed by atoms with Crippen LogP contribution in [-0.2, 0) is 4.74 Å². The SMILES string of the molecule is C1=C[C@@H]2[C@H]3[C@@H]1C=C[C@H]3C[C@]21O[C@@]12C[C@H]1C=C[C@H]3C=C[C@H]2[C@H]31. The Bertz CT molecular complexity index is 626. The number of hydrogen-bond acceptors (Lipinski definition) is 1. The predicted octanol–water partition coefficient (Wildman–Crippen LogP) is 3.51. The van der Waals surface area contributed by atoms with E-state index >= 15 is 0 Å². The average molecular weight is 276 g/mol. The first-order valence-corrected chi connectivity index (χ1v) is 8.76. The van der Waals surface area contributed by atoms with Gasteiger partial charge in [0.1, 0.15) is 11.2 Å². The largest absolute Gasteiger partial charge is 0.361 e. The van der Waals surface area contributed by atoms with Gasteiger partial charge in [0.2, 0.25) is 0 Å². The molecular formula is C20H20O. The van der Waals surface area contributed by atoms with Crippen LogP contribution in [0.5, 0.6) is 0 Å². The molecule has 7 rings (SSSR count). The molecule has 0 aromatic carbocycles. The number of rotatable bonds is 0. The van der Waals surface area contributed by atoms with E-state index in [0.29, 0.717) is 23.7 Å². The van der Waals surface area contributed by atoms with Crippen molar-refractivity contribution in [2.24, 2.45) is 47.3 Å². The molecule has 0 radical (unpaired) electrons. The summed E-state index contributed by atoms with van der Waals surface area (Å²) in [5.41, 5.74) is 0.390. The molecule has 1 saturated heterocycles. The van der Waals surface area contributed by atoms with E-state index in [-0.39, 0.29) is 11.2 Å². The van der Waals surface area contributed by atoms with Gasteiger partial charge in [-0.3, -0.25) is 0 Å². The van der Waals surface area contributed by atoms with Gasteiger partial charge in [0.05, 0.1) is 0 Å². The predicted molar refractivity (Wildman–Crippen MR) is 80.3 cm³/mol. The van der Waals surface area contributed by atoms with E-state index in [4.69, 9.17) is 4.74 Å². The van der Waals surface area contributed by atoms with Crippen LogP contribution >= 0.6 is 0 Å². The number of allylic oxidation sites excluding steroid dienone is 6. The molecule has 0 aromatic rings. The maximum atomic E-state index is 6.78.